The van der Waals surface area contributed by atoms with Crippen molar-refractivity contribution in [2.24, 2.45) is 0 Å². The van der Waals surface area contributed by atoms with Gasteiger partial charge in [0.15, 0.2) is 23.1 Å². The topological polar surface area (TPSA) is 94.8 Å². The molecule has 2 heterocycles. The van der Waals surface area contributed by atoms with Gasteiger partial charge < -0.3 is 14.6 Å². The number of carbonyl (C=O) groups is 3. The molecular weight excluding hydrogens is 362 g/mol. The molecule has 3 aromatic rings. The third-order valence-electron chi connectivity index (χ3n) is 4.70. The van der Waals surface area contributed by atoms with Crippen LogP contribution in [0.5, 0.6) is 17.4 Å². The maximum atomic E-state index is 13.2. The average molecular weight is 379 g/mol. The normalized spacial score (nSPS) is 12.8. The summed E-state index contributed by atoms with van der Waals surface area (Å²) in [7, 11) is 0. The molecule has 1 N–H and O–H groups in total. The Morgan fingerprint density at radius 3 is 2.29 bits per heavy atom. The Morgan fingerprint density at radius 1 is 0.929 bits per heavy atom. The number of ether oxygens (including phenoxy) is 2. The Hall–Kier alpha value is -3.61. The zero-order valence-electron chi connectivity index (χ0n) is 15.3. The maximum Gasteiger partial charge on any atom is 0.230 e. The van der Waals surface area contributed by atoms with Crippen LogP contribution in [0, 0.1) is 0 Å². The van der Waals surface area contributed by atoms with Crippen molar-refractivity contribution < 1.29 is 29.0 Å². The molecule has 0 unspecified atom stereocenters. The number of hydrogen-bond acceptors (Lipinski definition) is 6. The van der Waals surface area contributed by atoms with Crippen LogP contribution in [-0.2, 0) is 0 Å². The smallest absolute Gasteiger partial charge is 0.230 e. The van der Waals surface area contributed by atoms with Gasteiger partial charge in [0.05, 0.1) is 11.1 Å². The minimum atomic E-state index is -0.486. The van der Waals surface area contributed by atoms with E-state index in [1.165, 1.54) is 19.9 Å². The molecule has 4 rings (SSSR count). The predicted molar refractivity (Wildman–Crippen MR) is 101 cm³/mol. The summed E-state index contributed by atoms with van der Waals surface area (Å²) in [4.78, 5) is 37.0. The van der Waals surface area contributed by atoms with Crippen molar-refractivity contribution in [3.63, 3.8) is 0 Å². The van der Waals surface area contributed by atoms with Gasteiger partial charge in [0.2, 0.25) is 11.8 Å². The third-order valence-corrected chi connectivity index (χ3v) is 4.70. The molecule has 0 atom stereocenters. The molecule has 0 saturated carbocycles. The van der Waals surface area contributed by atoms with Gasteiger partial charge in [-0.15, -0.1) is 0 Å². The number of rotatable bonds is 3. The maximum absolute atomic E-state index is 13.2. The zero-order valence-corrected chi connectivity index (χ0v) is 15.3. The summed E-state index contributed by atoms with van der Waals surface area (Å²) >= 11 is 0. The van der Waals surface area contributed by atoms with Gasteiger partial charge in [0.25, 0.3) is 0 Å². The van der Waals surface area contributed by atoms with E-state index in [9.17, 15) is 19.5 Å². The number of Topliss-reactive ketones (excluding diaryl/α,β-unsaturated/α-hetero) is 1. The molecule has 7 heteroatoms. The molecule has 2 aromatic carbocycles. The molecule has 28 heavy (non-hydrogen) atoms. The van der Waals surface area contributed by atoms with Crippen LogP contribution in [0.1, 0.15) is 44.9 Å². The zero-order chi connectivity index (χ0) is 20.0. The van der Waals surface area contributed by atoms with Gasteiger partial charge in [-0.2, -0.15) is 0 Å². The number of aromatic hydroxyl groups is 1. The molecule has 0 amide bonds. The van der Waals surface area contributed by atoms with Gasteiger partial charge in [-0.25, -0.2) is 0 Å². The Bertz CT molecular complexity index is 1160. The van der Waals surface area contributed by atoms with Crippen molar-refractivity contribution in [2.45, 2.75) is 13.8 Å². The van der Waals surface area contributed by atoms with Gasteiger partial charge >= 0.3 is 0 Å². The molecule has 1 aliphatic heterocycles. The second-order valence-corrected chi connectivity index (χ2v) is 6.53. The third kappa shape index (κ3) is 2.72. The standard InChI is InChI=1S/C21H17NO6/c1-11(23)13-3-5-16-15(9-13)19(21(26)22(16)12(2)24)20(25)14-4-6-17-18(10-14)28-8-7-27-17/h3-6,9-10,26H,7-8H2,1-2H3. The lowest BCUT2D eigenvalue weighted by atomic mass is 10.00. The van der Waals surface area contributed by atoms with Crippen molar-refractivity contribution in [1.82, 2.24) is 4.57 Å². The number of nitrogens with zero attached hydrogens (tertiary/aromatic N) is 1. The van der Waals surface area contributed by atoms with Crippen LogP contribution in [-0.4, -0.2) is 40.4 Å². The van der Waals surface area contributed by atoms with Crippen molar-refractivity contribution in [3.05, 3.63) is 53.1 Å². The number of benzene rings is 2. The van der Waals surface area contributed by atoms with E-state index in [0.717, 1.165) is 4.57 Å². The van der Waals surface area contributed by atoms with Crippen molar-refractivity contribution >= 4 is 28.4 Å². The quantitative estimate of drug-likeness (QED) is 0.702. The van der Waals surface area contributed by atoms with Gasteiger partial charge in [0.1, 0.15) is 13.2 Å². The second kappa shape index (κ2) is 6.53. The Balaban J connectivity index is 1.93. The average Bonchev–Trinajstić information content (AvgIpc) is 2.98. The van der Waals surface area contributed by atoms with E-state index in [-0.39, 0.29) is 16.9 Å². The molecule has 1 aromatic heterocycles. The number of aromatic nitrogens is 1. The molecule has 0 bridgehead atoms. The predicted octanol–water partition coefficient (Wildman–Crippen LogP) is 3.21. The summed E-state index contributed by atoms with van der Waals surface area (Å²) in [6.45, 7) is 3.50. The van der Waals surface area contributed by atoms with Crippen LogP contribution in [0.25, 0.3) is 10.9 Å². The number of fused-ring (bicyclic) bond motifs is 2. The van der Waals surface area contributed by atoms with Gasteiger partial charge in [-0.05, 0) is 43.3 Å². The first-order valence-electron chi connectivity index (χ1n) is 8.72. The van der Waals surface area contributed by atoms with Gasteiger partial charge in [-0.1, -0.05) is 0 Å². The van der Waals surface area contributed by atoms with Crippen molar-refractivity contribution in [2.75, 3.05) is 13.2 Å². The van der Waals surface area contributed by atoms with Crippen LogP contribution < -0.4 is 9.47 Å². The molecular formula is C21H17NO6. The number of carbonyl (C=O) groups excluding carboxylic acids is 3. The molecule has 0 aliphatic carbocycles. The molecule has 142 valence electrons. The van der Waals surface area contributed by atoms with E-state index in [1.54, 1.807) is 30.3 Å². The molecule has 0 spiro atoms. The highest BCUT2D eigenvalue weighted by atomic mass is 16.6. The van der Waals surface area contributed by atoms with E-state index >= 15 is 0 Å². The molecule has 0 fully saturated rings. The summed E-state index contributed by atoms with van der Waals surface area (Å²) in [6.07, 6.45) is 0. The van der Waals surface area contributed by atoms with Crippen molar-refractivity contribution in [3.8, 4) is 17.4 Å². The summed E-state index contributed by atoms with van der Waals surface area (Å²) in [6, 6.07) is 9.37. The number of hydrogen-bond donors (Lipinski definition) is 1. The summed E-state index contributed by atoms with van der Waals surface area (Å²) in [5.74, 6) is -0.592. The minimum Gasteiger partial charge on any atom is -0.494 e. The van der Waals surface area contributed by atoms with Crippen LogP contribution >= 0.6 is 0 Å². The lowest BCUT2D eigenvalue weighted by Gasteiger charge is -2.18. The van der Waals surface area contributed by atoms with Crippen LogP contribution in [0.4, 0.5) is 0 Å². The molecule has 0 radical (unpaired) electrons. The van der Waals surface area contributed by atoms with Gasteiger partial charge in [-0.3, -0.25) is 19.0 Å². The Labute approximate surface area is 160 Å². The molecule has 1 aliphatic rings. The monoisotopic (exact) mass is 379 g/mol. The minimum absolute atomic E-state index is 0.0371. The van der Waals surface area contributed by atoms with Crippen molar-refractivity contribution in [1.29, 1.82) is 0 Å². The van der Waals surface area contributed by atoms with Crippen LogP contribution in [0.15, 0.2) is 36.4 Å². The summed E-state index contributed by atoms with van der Waals surface area (Å²) < 4.78 is 12.0. The first kappa shape index (κ1) is 17.8. The fraction of sp³-hybridized carbons (Fsp3) is 0.190. The SMILES string of the molecule is CC(=O)c1ccc2c(c1)c(C(=O)c1ccc3c(c1)OCCO3)c(O)n2C(C)=O. The summed E-state index contributed by atoms with van der Waals surface area (Å²) in [5, 5.41) is 11.0. The number of ketones is 2. The fourth-order valence-electron chi connectivity index (χ4n) is 3.37. The van der Waals surface area contributed by atoms with Crippen LogP contribution in [0.2, 0.25) is 0 Å². The van der Waals surface area contributed by atoms with Gasteiger partial charge in [0, 0.05) is 23.4 Å². The highest BCUT2D eigenvalue weighted by Gasteiger charge is 2.26. The molecule has 7 nitrogen and oxygen atoms in total. The Kier molecular flexibility index (Phi) is 4.15. The Morgan fingerprint density at radius 2 is 1.61 bits per heavy atom. The van der Waals surface area contributed by atoms with E-state index in [4.69, 9.17) is 9.47 Å². The first-order chi connectivity index (χ1) is 13.4. The summed E-state index contributed by atoms with van der Waals surface area (Å²) in [5.41, 5.74) is 0.973. The fourth-order valence-corrected chi connectivity index (χ4v) is 3.37. The van der Waals surface area contributed by atoms with E-state index in [2.05, 4.69) is 0 Å². The molecule has 0 saturated heterocycles. The highest BCUT2D eigenvalue weighted by molar-refractivity contribution is 6.20. The second-order valence-electron chi connectivity index (χ2n) is 6.53. The van der Waals surface area contributed by atoms with E-state index in [1.807, 2.05) is 0 Å². The lowest BCUT2D eigenvalue weighted by molar-refractivity contribution is 0.0932. The van der Waals surface area contributed by atoms with Crippen LogP contribution in [0.3, 0.4) is 0 Å². The van der Waals surface area contributed by atoms with E-state index in [0.29, 0.717) is 41.2 Å². The lowest BCUT2D eigenvalue weighted by Crippen LogP contribution is -2.16. The first-order valence-corrected chi connectivity index (χ1v) is 8.72. The largest absolute Gasteiger partial charge is 0.494 e. The van der Waals surface area contributed by atoms with E-state index < -0.39 is 17.6 Å². The highest BCUT2D eigenvalue weighted by Crippen LogP contribution is 2.36.